The van der Waals surface area contributed by atoms with Crippen molar-refractivity contribution in [3.63, 3.8) is 0 Å². The van der Waals surface area contributed by atoms with Gasteiger partial charge in [0.15, 0.2) is 5.78 Å². The number of hydrogen-bond acceptors (Lipinski definition) is 2. The zero-order valence-electron chi connectivity index (χ0n) is 10.4. The predicted molar refractivity (Wildman–Crippen MR) is 68.8 cm³/mol. The van der Waals surface area contributed by atoms with E-state index in [1.807, 2.05) is 32.9 Å². The molecule has 1 heterocycles. The average Bonchev–Trinajstić information content (AvgIpc) is 2.69. The number of benzene rings is 1. The first-order valence-corrected chi connectivity index (χ1v) is 6.33. The van der Waals surface area contributed by atoms with E-state index in [0.29, 0.717) is 5.02 Å². The second-order valence-electron chi connectivity index (χ2n) is 4.79. The lowest BCUT2D eigenvalue weighted by Crippen LogP contribution is -2.21. The van der Waals surface area contributed by atoms with Crippen molar-refractivity contribution < 1.29 is 9.53 Å². The van der Waals surface area contributed by atoms with E-state index in [4.69, 9.17) is 16.3 Å². The summed E-state index contributed by atoms with van der Waals surface area (Å²) in [4.78, 5) is 12.3. The summed E-state index contributed by atoms with van der Waals surface area (Å²) in [5.74, 6) is 0.0895. The molecule has 1 aliphatic rings. The molecule has 17 heavy (non-hydrogen) atoms. The molecular formula is C14H17ClO2. The van der Waals surface area contributed by atoms with Gasteiger partial charge in [-0.15, -0.1) is 0 Å². The maximum atomic E-state index is 12.3. The van der Waals surface area contributed by atoms with E-state index >= 15 is 0 Å². The SMILES string of the molecule is Cc1cc(C(=O)C2CCC(C)O2)c(C)cc1Cl. The Balaban J connectivity index is 2.28. The van der Waals surface area contributed by atoms with E-state index < -0.39 is 0 Å². The van der Waals surface area contributed by atoms with E-state index in [2.05, 4.69) is 0 Å². The molecule has 0 amide bonds. The summed E-state index contributed by atoms with van der Waals surface area (Å²) in [7, 11) is 0. The lowest BCUT2D eigenvalue weighted by atomic mass is 9.97. The van der Waals surface area contributed by atoms with Crippen LogP contribution in [0.2, 0.25) is 5.02 Å². The zero-order chi connectivity index (χ0) is 12.6. The van der Waals surface area contributed by atoms with Crippen LogP contribution in [0.25, 0.3) is 0 Å². The second kappa shape index (κ2) is 4.79. The number of rotatable bonds is 2. The molecule has 1 aromatic carbocycles. The van der Waals surface area contributed by atoms with Gasteiger partial charge in [0, 0.05) is 10.6 Å². The molecule has 0 saturated carbocycles. The van der Waals surface area contributed by atoms with Gasteiger partial charge in [0.1, 0.15) is 6.10 Å². The van der Waals surface area contributed by atoms with Gasteiger partial charge in [0.05, 0.1) is 6.10 Å². The highest BCUT2D eigenvalue weighted by Gasteiger charge is 2.29. The summed E-state index contributed by atoms with van der Waals surface area (Å²) >= 11 is 6.03. The van der Waals surface area contributed by atoms with Crippen LogP contribution in [0.4, 0.5) is 0 Å². The van der Waals surface area contributed by atoms with E-state index in [-0.39, 0.29) is 18.0 Å². The fourth-order valence-corrected chi connectivity index (χ4v) is 2.43. The molecule has 3 heteroatoms. The number of Topliss-reactive ketones (excluding diaryl/α,β-unsaturated/α-hetero) is 1. The standard InChI is InChI=1S/C14H17ClO2/c1-8-7-12(15)9(2)6-11(8)14(16)13-5-4-10(3)17-13/h6-7,10,13H,4-5H2,1-3H3. The molecule has 1 aromatic rings. The molecular weight excluding hydrogens is 236 g/mol. The third kappa shape index (κ3) is 2.53. The minimum atomic E-state index is -0.274. The van der Waals surface area contributed by atoms with Crippen LogP contribution in [-0.4, -0.2) is 18.0 Å². The van der Waals surface area contributed by atoms with Crippen LogP contribution in [0, 0.1) is 13.8 Å². The molecule has 92 valence electrons. The van der Waals surface area contributed by atoms with Crippen molar-refractivity contribution in [2.45, 2.75) is 45.8 Å². The van der Waals surface area contributed by atoms with Crippen LogP contribution < -0.4 is 0 Å². The van der Waals surface area contributed by atoms with Crippen molar-refractivity contribution in [3.8, 4) is 0 Å². The van der Waals surface area contributed by atoms with Crippen LogP contribution >= 0.6 is 11.6 Å². The van der Waals surface area contributed by atoms with Gasteiger partial charge in [0.25, 0.3) is 0 Å². The Kier molecular flexibility index (Phi) is 3.55. The number of carbonyl (C=O) groups excluding carboxylic acids is 1. The Morgan fingerprint density at radius 1 is 1.29 bits per heavy atom. The van der Waals surface area contributed by atoms with Crippen LogP contribution in [0.5, 0.6) is 0 Å². The predicted octanol–water partition coefficient (Wildman–Crippen LogP) is 3.71. The fraction of sp³-hybridized carbons (Fsp3) is 0.500. The Morgan fingerprint density at radius 2 is 2.00 bits per heavy atom. The monoisotopic (exact) mass is 252 g/mol. The molecule has 1 aliphatic heterocycles. The van der Waals surface area contributed by atoms with Crippen molar-refractivity contribution in [2.75, 3.05) is 0 Å². The Bertz CT molecular complexity index is 454. The molecule has 0 aliphatic carbocycles. The molecule has 0 spiro atoms. The lowest BCUT2D eigenvalue weighted by Gasteiger charge is -2.13. The summed E-state index contributed by atoms with van der Waals surface area (Å²) in [6.07, 6.45) is 1.70. The first-order chi connectivity index (χ1) is 7.99. The minimum Gasteiger partial charge on any atom is -0.367 e. The highest BCUT2D eigenvalue weighted by Crippen LogP contribution is 2.26. The number of ketones is 1. The first-order valence-electron chi connectivity index (χ1n) is 5.95. The summed E-state index contributed by atoms with van der Waals surface area (Å²) in [5, 5.41) is 0.708. The van der Waals surface area contributed by atoms with Gasteiger partial charge in [-0.3, -0.25) is 4.79 Å². The number of aryl methyl sites for hydroxylation is 2. The highest BCUT2D eigenvalue weighted by molar-refractivity contribution is 6.31. The number of hydrogen-bond donors (Lipinski definition) is 0. The molecule has 0 radical (unpaired) electrons. The lowest BCUT2D eigenvalue weighted by molar-refractivity contribution is 0.0433. The summed E-state index contributed by atoms with van der Waals surface area (Å²) in [5.41, 5.74) is 2.60. The molecule has 2 atom stereocenters. The van der Waals surface area contributed by atoms with Gasteiger partial charge >= 0.3 is 0 Å². The normalized spacial score (nSPS) is 24.0. The van der Waals surface area contributed by atoms with Crippen LogP contribution in [0.3, 0.4) is 0 Å². The number of ether oxygens (including phenoxy) is 1. The van der Waals surface area contributed by atoms with Gasteiger partial charge in [0.2, 0.25) is 0 Å². The van der Waals surface area contributed by atoms with Gasteiger partial charge < -0.3 is 4.74 Å². The average molecular weight is 253 g/mol. The van der Waals surface area contributed by atoms with Crippen molar-refractivity contribution >= 4 is 17.4 Å². The molecule has 0 bridgehead atoms. The van der Waals surface area contributed by atoms with E-state index in [9.17, 15) is 4.79 Å². The molecule has 1 fully saturated rings. The van der Waals surface area contributed by atoms with E-state index in [1.165, 1.54) is 0 Å². The fourth-order valence-electron chi connectivity index (χ4n) is 2.22. The maximum absolute atomic E-state index is 12.3. The van der Waals surface area contributed by atoms with E-state index in [1.54, 1.807) is 0 Å². The van der Waals surface area contributed by atoms with Crippen LogP contribution in [-0.2, 0) is 4.74 Å². The topological polar surface area (TPSA) is 26.3 Å². The van der Waals surface area contributed by atoms with Gasteiger partial charge in [-0.2, -0.15) is 0 Å². The molecule has 2 unspecified atom stereocenters. The van der Waals surface area contributed by atoms with Gasteiger partial charge in [-0.1, -0.05) is 11.6 Å². The maximum Gasteiger partial charge on any atom is 0.191 e. The van der Waals surface area contributed by atoms with E-state index in [0.717, 1.165) is 29.5 Å². The second-order valence-corrected chi connectivity index (χ2v) is 5.20. The zero-order valence-corrected chi connectivity index (χ0v) is 11.2. The molecule has 2 rings (SSSR count). The summed E-state index contributed by atoms with van der Waals surface area (Å²) in [6, 6.07) is 3.72. The van der Waals surface area contributed by atoms with Gasteiger partial charge in [-0.05, 0) is 56.9 Å². The largest absolute Gasteiger partial charge is 0.367 e. The molecule has 1 saturated heterocycles. The summed E-state index contributed by atoms with van der Waals surface area (Å²) < 4.78 is 5.62. The van der Waals surface area contributed by atoms with Crippen LogP contribution in [0.1, 0.15) is 41.3 Å². The minimum absolute atomic E-state index is 0.0895. The molecule has 2 nitrogen and oxygen atoms in total. The van der Waals surface area contributed by atoms with Crippen LogP contribution in [0.15, 0.2) is 12.1 Å². The quantitative estimate of drug-likeness (QED) is 0.750. The number of halogens is 1. The van der Waals surface area contributed by atoms with Crippen molar-refractivity contribution in [3.05, 3.63) is 33.8 Å². The number of carbonyl (C=O) groups is 1. The van der Waals surface area contributed by atoms with Crippen molar-refractivity contribution in [1.29, 1.82) is 0 Å². The smallest absolute Gasteiger partial charge is 0.191 e. The Labute approximate surface area is 107 Å². The third-order valence-corrected chi connectivity index (χ3v) is 3.70. The molecule has 0 N–H and O–H groups in total. The summed E-state index contributed by atoms with van der Waals surface area (Å²) in [6.45, 7) is 5.83. The van der Waals surface area contributed by atoms with Gasteiger partial charge in [-0.25, -0.2) is 0 Å². The first kappa shape index (κ1) is 12.6. The highest BCUT2D eigenvalue weighted by atomic mass is 35.5. The third-order valence-electron chi connectivity index (χ3n) is 3.30. The Morgan fingerprint density at radius 3 is 2.59 bits per heavy atom. The Hall–Kier alpha value is -0.860. The van der Waals surface area contributed by atoms with Crippen molar-refractivity contribution in [1.82, 2.24) is 0 Å². The van der Waals surface area contributed by atoms with Crippen molar-refractivity contribution in [2.24, 2.45) is 0 Å². The molecule has 0 aromatic heterocycles.